The van der Waals surface area contributed by atoms with Crippen molar-refractivity contribution in [2.75, 3.05) is 11.9 Å². The van der Waals surface area contributed by atoms with E-state index in [-0.39, 0.29) is 6.04 Å². The second kappa shape index (κ2) is 4.05. The Kier molecular flexibility index (Phi) is 2.74. The van der Waals surface area contributed by atoms with Gasteiger partial charge in [0.25, 0.3) is 0 Å². The third kappa shape index (κ3) is 1.96. The van der Waals surface area contributed by atoms with Gasteiger partial charge in [0.15, 0.2) is 5.65 Å². The van der Waals surface area contributed by atoms with E-state index in [4.69, 9.17) is 5.73 Å². The molecule has 86 valence electrons. The van der Waals surface area contributed by atoms with Crippen LogP contribution in [0.1, 0.15) is 12.7 Å². The highest BCUT2D eigenvalue weighted by Crippen LogP contribution is 2.18. The molecule has 6 heteroatoms. The van der Waals surface area contributed by atoms with Gasteiger partial charge in [-0.05, 0) is 13.8 Å². The molecule has 0 bridgehead atoms. The molecule has 0 saturated heterocycles. The molecule has 1 unspecified atom stereocenters. The monoisotopic (exact) mass is 220 g/mol. The second-order valence-electron chi connectivity index (χ2n) is 3.98. The molecule has 0 fully saturated rings. The zero-order valence-electron chi connectivity index (χ0n) is 9.73. The number of hydrogen-bond acceptors (Lipinski definition) is 5. The normalized spacial score (nSPS) is 13.0. The van der Waals surface area contributed by atoms with Crippen LogP contribution in [0.15, 0.2) is 6.20 Å². The largest absolute Gasteiger partial charge is 0.368 e. The quantitative estimate of drug-likeness (QED) is 0.784. The number of anilines is 1. The number of aromatic nitrogens is 4. The average Bonchev–Trinajstić information content (AvgIpc) is 2.57. The summed E-state index contributed by atoms with van der Waals surface area (Å²) >= 11 is 0. The Balaban J connectivity index is 2.43. The topological polar surface area (TPSA) is 81.6 Å². The van der Waals surface area contributed by atoms with Crippen molar-refractivity contribution < 1.29 is 0 Å². The highest BCUT2D eigenvalue weighted by atomic mass is 15.3. The van der Waals surface area contributed by atoms with Crippen LogP contribution in [0.25, 0.3) is 11.0 Å². The molecule has 0 saturated carbocycles. The van der Waals surface area contributed by atoms with Crippen LogP contribution in [0.4, 0.5) is 5.82 Å². The van der Waals surface area contributed by atoms with Crippen LogP contribution in [-0.4, -0.2) is 32.3 Å². The molecule has 2 aromatic heterocycles. The van der Waals surface area contributed by atoms with Crippen molar-refractivity contribution in [3.8, 4) is 0 Å². The summed E-state index contributed by atoms with van der Waals surface area (Å²) in [5, 5.41) is 8.30. The molecule has 0 radical (unpaired) electrons. The molecular formula is C10H16N6. The number of nitrogens with two attached hydrogens (primary N) is 1. The summed E-state index contributed by atoms with van der Waals surface area (Å²) in [5.74, 6) is 1.52. The number of nitrogens with one attached hydrogen (secondary N) is 1. The van der Waals surface area contributed by atoms with E-state index < -0.39 is 0 Å². The predicted octanol–water partition coefficient (Wildman–Crippen LogP) is 0.431. The first-order valence-electron chi connectivity index (χ1n) is 5.23. The Hall–Kier alpha value is -1.69. The van der Waals surface area contributed by atoms with Gasteiger partial charge in [-0.3, -0.25) is 4.68 Å². The fourth-order valence-electron chi connectivity index (χ4n) is 1.52. The van der Waals surface area contributed by atoms with Crippen molar-refractivity contribution in [3.05, 3.63) is 12.0 Å². The van der Waals surface area contributed by atoms with Crippen LogP contribution < -0.4 is 11.1 Å². The third-order valence-electron chi connectivity index (χ3n) is 2.30. The van der Waals surface area contributed by atoms with Crippen LogP contribution in [0.2, 0.25) is 0 Å². The summed E-state index contributed by atoms with van der Waals surface area (Å²) in [5.41, 5.74) is 6.53. The minimum Gasteiger partial charge on any atom is -0.368 e. The van der Waals surface area contributed by atoms with Gasteiger partial charge in [-0.1, -0.05) is 0 Å². The first-order valence-corrected chi connectivity index (χ1v) is 5.23. The molecule has 0 aliphatic carbocycles. The van der Waals surface area contributed by atoms with Gasteiger partial charge in [0, 0.05) is 19.6 Å². The van der Waals surface area contributed by atoms with Gasteiger partial charge in [0.05, 0.1) is 11.6 Å². The first kappa shape index (κ1) is 10.8. The summed E-state index contributed by atoms with van der Waals surface area (Å²) in [6.45, 7) is 4.49. The lowest BCUT2D eigenvalue weighted by molar-refractivity contribution is 0.775. The maximum atomic E-state index is 5.70. The van der Waals surface area contributed by atoms with Crippen LogP contribution in [0.3, 0.4) is 0 Å². The predicted molar refractivity (Wildman–Crippen MR) is 63.2 cm³/mol. The number of aryl methyl sites for hydroxylation is 2. The number of hydrogen-bond donors (Lipinski definition) is 2. The fourth-order valence-corrected chi connectivity index (χ4v) is 1.52. The third-order valence-corrected chi connectivity index (χ3v) is 2.30. The van der Waals surface area contributed by atoms with E-state index in [2.05, 4.69) is 20.4 Å². The number of nitrogens with zero attached hydrogens (tertiary/aromatic N) is 4. The van der Waals surface area contributed by atoms with Crippen LogP contribution >= 0.6 is 0 Å². The summed E-state index contributed by atoms with van der Waals surface area (Å²) in [7, 11) is 1.87. The minimum absolute atomic E-state index is 0.0852. The summed E-state index contributed by atoms with van der Waals surface area (Å²) in [6.07, 6.45) is 1.76. The molecule has 2 aromatic rings. The average molecular weight is 220 g/mol. The fraction of sp³-hybridized carbons (Fsp3) is 0.500. The van der Waals surface area contributed by atoms with Gasteiger partial charge in [-0.25, -0.2) is 9.97 Å². The van der Waals surface area contributed by atoms with E-state index in [9.17, 15) is 0 Å². The van der Waals surface area contributed by atoms with Gasteiger partial charge in [0.2, 0.25) is 0 Å². The van der Waals surface area contributed by atoms with Crippen molar-refractivity contribution in [2.24, 2.45) is 12.8 Å². The molecule has 0 aliphatic heterocycles. The van der Waals surface area contributed by atoms with Crippen molar-refractivity contribution in [1.29, 1.82) is 0 Å². The number of fused-ring (bicyclic) bond motifs is 1. The molecule has 0 aromatic carbocycles. The zero-order chi connectivity index (χ0) is 11.7. The summed E-state index contributed by atoms with van der Waals surface area (Å²) in [6, 6.07) is 0.0852. The van der Waals surface area contributed by atoms with E-state index in [0.29, 0.717) is 6.54 Å². The Morgan fingerprint density at radius 3 is 2.94 bits per heavy atom. The lowest BCUT2D eigenvalue weighted by Crippen LogP contribution is -2.25. The van der Waals surface area contributed by atoms with Crippen LogP contribution in [0, 0.1) is 6.92 Å². The Labute approximate surface area is 93.9 Å². The maximum Gasteiger partial charge on any atom is 0.163 e. The Morgan fingerprint density at radius 2 is 2.25 bits per heavy atom. The van der Waals surface area contributed by atoms with E-state index >= 15 is 0 Å². The van der Waals surface area contributed by atoms with Gasteiger partial charge < -0.3 is 11.1 Å². The highest BCUT2D eigenvalue weighted by molar-refractivity contribution is 5.86. The molecule has 0 amide bonds. The Bertz CT molecular complexity index is 501. The van der Waals surface area contributed by atoms with Gasteiger partial charge in [-0.15, -0.1) is 0 Å². The van der Waals surface area contributed by atoms with E-state index in [1.54, 1.807) is 10.9 Å². The van der Waals surface area contributed by atoms with Crippen molar-refractivity contribution in [2.45, 2.75) is 19.9 Å². The van der Waals surface area contributed by atoms with Gasteiger partial charge in [0.1, 0.15) is 11.6 Å². The van der Waals surface area contributed by atoms with Gasteiger partial charge in [-0.2, -0.15) is 5.10 Å². The highest BCUT2D eigenvalue weighted by Gasteiger charge is 2.09. The minimum atomic E-state index is 0.0852. The van der Waals surface area contributed by atoms with Crippen LogP contribution in [-0.2, 0) is 7.05 Å². The number of rotatable bonds is 3. The SMILES string of the molecule is Cc1nc(NCC(C)N)c2cnn(C)c2n1. The Morgan fingerprint density at radius 1 is 1.50 bits per heavy atom. The lowest BCUT2D eigenvalue weighted by Gasteiger charge is -2.09. The van der Waals surface area contributed by atoms with Gasteiger partial charge >= 0.3 is 0 Å². The first-order chi connectivity index (χ1) is 7.58. The standard InChI is InChI=1S/C10H16N6/c1-6(11)4-12-9-8-5-13-16(3)10(8)15-7(2)14-9/h5-6H,4,11H2,1-3H3,(H,12,14,15). The lowest BCUT2D eigenvalue weighted by atomic mass is 10.3. The summed E-state index contributed by atoms with van der Waals surface area (Å²) in [4.78, 5) is 8.70. The smallest absolute Gasteiger partial charge is 0.163 e. The van der Waals surface area contributed by atoms with E-state index in [1.807, 2.05) is 20.9 Å². The van der Waals surface area contributed by atoms with Crippen molar-refractivity contribution in [3.63, 3.8) is 0 Å². The summed E-state index contributed by atoms with van der Waals surface area (Å²) < 4.78 is 1.74. The molecule has 0 spiro atoms. The van der Waals surface area contributed by atoms with E-state index in [0.717, 1.165) is 22.7 Å². The molecule has 0 aliphatic rings. The van der Waals surface area contributed by atoms with Crippen LogP contribution in [0.5, 0.6) is 0 Å². The molecule has 3 N–H and O–H groups in total. The molecule has 6 nitrogen and oxygen atoms in total. The van der Waals surface area contributed by atoms with Crippen molar-refractivity contribution in [1.82, 2.24) is 19.7 Å². The zero-order valence-corrected chi connectivity index (χ0v) is 9.73. The van der Waals surface area contributed by atoms with Crippen molar-refractivity contribution >= 4 is 16.9 Å². The second-order valence-corrected chi connectivity index (χ2v) is 3.98. The maximum absolute atomic E-state index is 5.70. The van der Waals surface area contributed by atoms with E-state index in [1.165, 1.54) is 0 Å². The molecule has 1 atom stereocenters. The molecular weight excluding hydrogens is 204 g/mol. The molecule has 16 heavy (non-hydrogen) atoms. The molecule has 2 heterocycles. The molecule has 2 rings (SSSR count).